The van der Waals surface area contributed by atoms with Crippen LogP contribution in [0.5, 0.6) is 11.5 Å². The van der Waals surface area contributed by atoms with E-state index in [2.05, 4.69) is 9.97 Å². The van der Waals surface area contributed by atoms with Crippen LogP contribution in [0.2, 0.25) is 0 Å². The average Bonchev–Trinajstić information content (AvgIpc) is 2.42. The molecule has 0 atom stereocenters. The smallest absolute Gasteiger partial charge is 0.294 e. The Morgan fingerprint density at radius 1 is 1.05 bits per heavy atom. The third-order valence-electron chi connectivity index (χ3n) is 3.28. The third-order valence-corrected chi connectivity index (χ3v) is 4.28. The van der Waals surface area contributed by atoms with E-state index in [9.17, 15) is 18.1 Å². The summed E-state index contributed by atoms with van der Waals surface area (Å²) in [6, 6.07) is 5.61. The second-order valence-electron chi connectivity index (χ2n) is 4.82. The fourth-order valence-corrected chi connectivity index (χ4v) is 3.03. The first-order chi connectivity index (χ1) is 10.3. The Bertz CT molecular complexity index is 1010. The maximum absolute atomic E-state index is 11.4. The predicted octanol–water partition coefficient (Wildman–Crippen LogP) is 2.05. The minimum absolute atomic E-state index is 0.00993. The summed E-state index contributed by atoms with van der Waals surface area (Å²) in [6.07, 6.45) is 0. The molecule has 2 aromatic carbocycles. The molecule has 2 N–H and O–H groups in total. The quantitative estimate of drug-likeness (QED) is 0.549. The molecule has 0 saturated carbocycles. The van der Waals surface area contributed by atoms with Crippen molar-refractivity contribution in [2.75, 3.05) is 7.11 Å². The van der Waals surface area contributed by atoms with Crippen molar-refractivity contribution in [1.82, 2.24) is 9.97 Å². The van der Waals surface area contributed by atoms with Crippen LogP contribution in [0.4, 0.5) is 0 Å². The number of nitrogens with zero attached hydrogens (tertiary/aromatic N) is 2. The van der Waals surface area contributed by atoms with Gasteiger partial charge in [-0.25, -0.2) is 9.97 Å². The van der Waals surface area contributed by atoms with E-state index in [-0.39, 0.29) is 10.6 Å². The molecule has 0 amide bonds. The summed E-state index contributed by atoms with van der Waals surface area (Å²) in [7, 11) is -2.91. The van der Waals surface area contributed by atoms with E-state index < -0.39 is 10.1 Å². The lowest BCUT2D eigenvalue weighted by Gasteiger charge is -2.09. The Kier molecular flexibility index (Phi) is 3.15. The van der Waals surface area contributed by atoms with E-state index in [1.165, 1.54) is 31.4 Å². The van der Waals surface area contributed by atoms with Gasteiger partial charge >= 0.3 is 0 Å². The fourth-order valence-electron chi connectivity index (χ4n) is 2.30. The molecule has 0 radical (unpaired) electrons. The van der Waals surface area contributed by atoms with Gasteiger partial charge in [-0.1, -0.05) is 0 Å². The molecule has 8 heteroatoms. The number of methoxy groups -OCH3 is 1. The maximum atomic E-state index is 11.4. The maximum Gasteiger partial charge on any atom is 0.294 e. The summed E-state index contributed by atoms with van der Waals surface area (Å²) in [5.74, 6) is 0.308. The second kappa shape index (κ2) is 4.79. The van der Waals surface area contributed by atoms with Gasteiger partial charge in [0.25, 0.3) is 10.1 Å². The highest BCUT2D eigenvalue weighted by atomic mass is 32.2. The van der Waals surface area contributed by atoms with Gasteiger partial charge in [0.15, 0.2) is 0 Å². The van der Waals surface area contributed by atoms with Crippen molar-refractivity contribution in [2.45, 2.75) is 11.8 Å². The Hall–Kier alpha value is -2.45. The van der Waals surface area contributed by atoms with Crippen molar-refractivity contribution in [2.24, 2.45) is 0 Å². The molecule has 3 aromatic rings. The van der Waals surface area contributed by atoms with Crippen LogP contribution in [0.3, 0.4) is 0 Å². The highest BCUT2D eigenvalue weighted by molar-refractivity contribution is 7.85. The molecule has 0 spiro atoms. The number of benzene rings is 2. The van der Waals surface area contributed by atoms with Crippen LogP contribution < -0.4 is 4.74 Å². The molecule has 3 rings (SSSR count). The van der Waals surface area contributed by atoms with Gasteiger partial charge < -0.3 is 9.84 Å². The van der Waals surface area contributed by atoms with E-state index >= 15 is 0 Å². The standard InChI is InChI=1S/C14H12N2O5S/c1-7-3-9-10(6-13(7)22(18,19)20)16-14-11(15-9)4-8(17)5-12(14)21-2/h3-6,17H,1-2H3,(H,18,19,20). The lowest BCUT2D eigenvalue weighted by molar-refractivity contribution is 0.412. The SMILES string of the molecule is COc1cc(O)cc2nc3cc(C)c(S(=O)(=O)O)cc3nc12. The molecule has 0 saturated heterocycles. The highest BCUT2D eigenvalue weighted by Gasteiger charge is 2.16. The first kappa shape index (κ1) is 14.5. The molecular formula is C14H12N2O5S. The Labute approximate surface area is 126 Å². The molecule has 22 heavy (non-hydrogen) atoms. The number of fused-ring (bicyclic) bond motifs is 2. The minimum Gasteiger partial charge on any atom is -0.508 e. The lowest BCUT2D eigenvalue weighted by Crippen LogP contribution is -2.02. The summed E-state index contributed by atoms with van der Waals surface area (Å²) in [6.45, 7) is 1.55. The van der Waals surface area contributed by atoms with Crippen molar-refractivity contribution < 1.29 is 22.8 Å². The molecule has 0 aliphatic rings. The van der Waals surface area contributed by atoms with E-state index in [1.54, 1.807) is 6.92 Å². The summed E-state index contributed by atoms with van der Waals surface area (Å²) < 4.78 is 37.2. The molecule has 1 aromatic heterocycles. The van der Waals surface area contributed by atoms with Crippen LogP contribution in [0.1, 0.15) is 5.56 Å². The first-order valence-electron chi connectivity index (χ1n) is 6.26. The summed E-state index contributed by atoms with van der Waals surface area (Å²) in [5, 5.41) is 9.66. The zero-order valence-corrected chi connectivity index (χ0v) is 12.5. The topological polar surface area (TPSA) is 110 Å². The minimum atomic E-state index is -4.34. The van der Waals surface area contributed by atoms with Crippen molar-refractivity contribution >= 4 is 32.2 Å². The largest absolute Gasteiger partial charge is 0.508 e. The molecule has 1 heterocycles. The molecule has 7 nitrogen and oxygen atoms in total. The Morgan fingerprint density at radius 3 is 2.36 bits per heavy atom. The molecule has 0 aliphatic carbocycles. The summed E-state index contributed by atoms with van der Waals surface area (Å²) in [4.78, 5) is 8.47. The number of aromatic hydroxyl groups is 1. The number of phenols is 1. The number of rotatable bonds is 2. The normalized spacial score (nSPS) is 12.0. The van der Waals surface area contributed by atoms with E-state index in [1.807, 2.05) is 0 Å². The number of aryl methyl sites for hydroxylation is 1. The third kappa shape index (κ3) is 2.32. The van der Waals surface area contributed by atoms with Gasteiger partial charge in [-0.3, -0.25) is 4.55 Å². The van der Waals surface area contributed by atoms with Crippen LogP contribution in [0.25, 0.3) is 22.1 Å². The van der Waals surface area contributed by atoms with Crippen LogP contribution in [-0.2, 0) is 10.1 Å². The van der Waals surface area contributed by atoms with Gasteiger partial charge in [-0.05, 0) is 24.6 Å². The van der Waals surface area contributed by atoms with E-state index in [4.69, 9.17) is 4.74 Å². The lowest BCUT2D eigenvalue weighted by atomic mass is 10.2. The predicted molar refractivity (Wildman–Crippen MR) is 79.8 cm³/mol. The number of phenolic OH excluding ortho intramolecular Hbond substituents is 1. The first-order valence-corrected chi connectivity index (χ1v) is 7.70. The van der Waals surface area contributed by atoms with Crippen LogP contribution >= 0.6 is 0 Å². The Morgan fingerprint density at radius 2 is 1.73 bits per heavy atom. The number of hydrogen-bond donors (Lipinski definition) is 2. The number of ether oxygens (including phenoxy) is 1. The molecule has 0 fully saturated rings. The molecule has 114 valence electrons. The van der Waals surface area contributed by atoms with Crippen molar-refractivity contribution in [1.29, 1.82) is 0 Å². The average molecular weight is 320 g/mol. The van der Waals surface area contributed by atoms with Crippen LogP contribution in [-0.4, -0.2) is 35.2 Å². The second-order valence-corrected chi connectivity index (χ2v) is 6.21. The van der Waals surface area contributed by atoms with Crippen LogP contribution in [0.15, 0.2) is 29.2 Å². The van der Waals surface area contributed by atoms with E-state index in [0.29, 0.717) is 33.4 Å². The van der Waals surface area contributed by atoms with Crippen molar-refractivity contribution in [3.05, 3.63) is 29.8 Å². The zero-order chi connectivity index (χ0) is 16.1. The van der Waals surface area contributed by atoms with Gasteiger partial charge in [0, 0.05) is 12.1 Å². The van der Waals surface area contributed by atoms with Crippen LogP contribution in [0, 0.1) is 6.92 Å². The molecule has 0 bridgehead atoms. The molecule has 0 aliphatic heterocycles. The van der Waals surface area contributed by atoms with E-state index in [0.717, 1.165) is 0 Å². The van der Waals surface area contributed by atoms with Crippen molar-refractivity contribution in [3.8, 4) is 11.5 Å². The summed E-state index contributed by atoms with van der Waals surface area (Å²) >= 11 is 0. The van der Waals surface area contributed by atoms with Gasteiger partial charge in [0.2, 0.25) is 0 Å². The summed E-state index contributed by atoms with van der Waals surface area (Å²) in [5.41, 5.74) is 1.91. The van der Waals surface area contributed by atoms with Gasteiger partial charge in [-0.2, -0.15) is 8.42 Å². The zero-order valence-electron chi connectivity index (χ0n) is 11.7. The number of aromatic nitrogens is 2. The molecule has 0 unspecified atom stereocenters. The fraction of sp³-hybridized carbons (Fsp3) is 0.143. The van der Waals surface area contributed by atoms with Gasteiger partial charge in [-0.15, -0.1) is 0 Å². The van der Waals surface area contributed by atoms with Crippen molar-refractivity contribution in [3.63, 3.8) is 0 Å². The Balaban J connectivity index is 2.43. The van der Waals surface area contributed by atoms with Gasteiger partial charge in [0.1, 0.15) is 17.0 Å². The number of hydrogen-bond acceptors (Lipinski definition) is 6. The highest BCUT2D eigenvalue weighted by Crippen LogP contribution is 2.30. The van der Waals surface area contributed by atoms with Gasteiger partial charge in [0.05, 0.1) is 28.6 Å². The molecular weight excluding hydrogens is 308 g/mol. The monoisotopic (exact) mass is 320 g/mol.